The van der Waals surface area contributed by atoms with Crippen LogP contribution in [0.5, 0.6) is 0 Å². The van der Waals surface area contributed by atoms with Gasteiger partial charge in [0.05, 0.1) is 12.5 Å². The zero-order valence-corrected chi connectivity index (χ0v) is 21.7. The first-order valence-corrected chi connectivity index (χ1v) is 13.0. The second-order valence-electron chi connectivity index (χ2n) is 9.78. The van der Waals surface area contributed by atoms with E-state index in [0.29, 0.717) is 32.2 Å². The van der Waals surface area contributed by atoms with Gasteiger partial charge in [0.25, 0.3) is 0 Å². The van der Waals surface area contributed by atoms with Gasteiger partial charge in [-0.3, -0.25) is 19.2 Å². The summed E-state index contributed by atoms with van der Waals surface area (Å²) >= 11 is 0. The third-order valence-corrected chi connectivity index (χ3v) is 6.87. The van der Waals surface area contributed by atoms with E-state index in [-0.39, 0.29) is 19.4 Å². The van der Waals surface area contributed by atoms with Crippen molar-refractivity contribution in [1.82, 2.24) is 20.5 Å². The van der Waals surface area contributed by atoms with E-state index in [1.165, 1.54) is 4.90 Å². The first-order chi connectivity index (χ1) is 18.6. The lowest BCUT2D eigenvalue weighted by molar-refractivity contribution is -0.145. The molecule has 2 heterocycles. The summed E-state index contributed by atoms with van der Waals surface area (Å²) in [6.07, 6.45) is 3.60. The third kappa shape index (κ3) is 7.77. The molecule has 10 N–H and O–H groups in total. The number of benzene rings is 1. The number of hydrogen-bond acceptors (Lipinski definition) is 7. The molecule has 4 atom stereocenters. The Morgan fingerprint density at radius 2 is 1.85 bits per heavy atom. The number of para-hydroxylation sites is 1. The zero-order chi connectivity index (χ0) is 28.5. The lowest BCUT2D eigenvalue weighted by Crippen LogP contribution is -2.57. The maximum atomic E-state index is 13.4. The van der Waals surface area contributed by atoms with Crippen LogP contribution >= 0.6 is 0 Å². The fourth-order valence-corrected chi connectivity index (χ4v) is 4.83. The Labute approximate surface area is 225 Å². The third-order valence-electron chi connectivity index (χ3n) is 6.87. The number of hydrogen-bond donors (Lipinski definition) is 7. The molecule has 1 aromatic heterocycles. The minimum atomic E-state index is -1.32. The molecule has 0 bridgehead atoms. The molecule has 0 spiro atoms. The molecule has 39 heavy (non-hydrogen) atoms. The van der Waals surface area contributed by atoms with Crippen molar-refractivity contribution < 1.29 is 29.1 Å². The van der Waals surface area contributed by atoms with Crippen LogP contribution in [-0.4, -0.2) is 81.8 Å². The van der Waals surface area contributed by atoms with Gasteiger partial charge in [-0.2, -0.15) is 0 Å². The number of carbonyl (C=O) groups is 5. The van der Waals surface area contributed by atoms with Crippen LogP contribution in [0.4, 0.5) is 0 Å². The summed E-state index contributed by atoms with van der Waals surface area (Å²) in [4.78, 5) is 67.1. The van der Waals surface area contributed by atoms with Gasteiger partial charge in [0.15, 0.2) is 0 Å². The Morgan fingerprint density at radius 3 is 2.54 bits per heavy atom. The van der Waals surface area contributed by atoms with Crippen molar-refractivity contribution in [1.29, 1.82) is 0 Å². The number of primary amides is 1. The molecule has 0 saturated carbocycles. The number of nitrogens with one attached hydrogen (secondary N) is 3. The van der Waals surface area contributed by atoms with E-state index >= 15 is 0 Å². The second-order valence-corrected chi connectivity index (χ2v) is 9.78. The molecule has 1 aliphatic rings. The molecule has 1 fully saturated rings. The number of amides is 4. The number of aromatic amines is 1. The van der Waals surface area contributed by atoms with Crippen molar-refractivity contribution in [3.05, 3.63) is 36.0 Å². The monoisotopic (exact) mass is 543 g/mol. The summed E-state index contributed by atoms with van der Waals surface area (Å²) in [5.41, 5.74) is 18.7. The van der Waals surface area contributed by atoms with E-state index in [2.05, 4.69) is 15.6 Å². The van der Waals surface area contributed by atoms with Crippen molar-refractivity contribution in [2.75, 3.05) is 13.1 Å². The van der Waals surface area contributed by atoms with Crippen LogP contribution in [0, 0.1) is 0 Å². The minimum absolute atomic E-state index is 0.183. The molecular formula is C26H37N7O6. The summed E-state index contributed by atoms with van der Waals surface area (Å²) in [7, 11) is 0. The highest BCUT2D eigenvalue weighted by atomic mass is 16.4. The predicted molar refractivity (Wildman–Crippen MR) is 143 cm³/mol. The highest BCUT2D eigenvalue weighted by Crippen LogP contribution is 2.21. The normalized spacial score (nSPS) is 17.4. The van der Waals surface area contributed by atoms with E-state index in [0.717, 1.165) is 16.5 Å². The minimum Gasteiger partial charge on any atom is -0.480 e. The van der Waals surface area contributed by atoms with Crippen molar-refractivity contribution in [3.8, 4) is 0 Å². The van der Waals surface area contributed by atoms with Gasteiger partial charge in [0.2, 0.25) is 23.6 Å². The van der Waals surface area contributed by atoms with Gasteiger partial charge in [0.1, 0.15) is 18.1 Å². The first-order valence-electron chi connectivity index (χ1n) is 13.0. The maximum absolute atomic E-state index is 13.4. The average Bonchev–Trinajstić information content (AvgIpc) is 3.55. The molecule has 212 valence electrons. The topological polar surface area (TPSA) is 227 Å². The largest absolute Gasteiger partial charge is 0.480 e. The van der Waals surface area contributed by atoms with E-state index in [4.69, 9.17) is 17.2 Å². The zero-order valence-electron chi connectivity index (χ0n) is 21.7. The Morgan fingerprint density at radius 1 is 1.10 bits per heavy atom. The van der Waals surface area contributed by atoms with Crippen LogP contribution in [0.15, 0.2) is 30.5 Å². The van der Waals surface area contributed by atoms with Crippen LogP contribution < -0.4 is 27.8 Å². The molecule has 1 aromatic carbocycles. The summed E-state index contributed by atoms with van der Waals surface area (Å²) in [6, 6.07) is 3.14. The van der Waals surface area contributed by atoms with Crippen molar-refractivity contribution >= 4 is 40.5 Å². The Kier molecular flexibility index (Phi) is 10.4. The molecule has 2 aromatic rings. The maximum Gasteiger partial charge on any atom is 0.326 e. The highest BCUT2D eigenvalue weighted by molar-refractivity contribution is 5.96. The molecule has 0 radical (unpaired) electrons. The molecule has 0 aliphatic carbocycles. The van der Waals surface area contributed by atoms with Gasteiger partial charge in [0, 0.05) is 23.6 Å². The van der Waals surface area contributed by atoms with Crippen LogP contribution in [0.2, 0.25) is 0 Å². The molecule has 4 amide bonds. The highest BCUT2D eigenvalue weighted by Gasteiger charge is 2.39. The van der Waals surface area contributed by atoms with E-state index in [1.807, 2.05) is 24.3 Å². The number of unbranched alkanes of at least 4 members (excludes halogenated alkanes) is 1. The first kappa shape index (κ1) is 29.6. The molecular weight excluding hydrogens is 506 g/mol. The molecule has 4 unspecified atom stereocenters. The fraction of sp³-hybridized carbons (Fsp3) is 0.500. The summed E-state index contributed by atoms with van der Waals surface area (Å²) in [5, 5.41) is 15.4. The second kappa shape index (κ2) is 13.7. The van der Waals surface area contributed by atoms with Crippen LogP contribution in [0.3, 0.4) is 0 Å². The number of fused-ring (bicyclic) bond motifs is 1. The van der Waals surface area contributed by atoms with Crippen LogP contribution in [0.25, 0.3) is 10.9 Å². The number of carboxylic acids is 1. The molecule has 1 saturated heterocycles. The number of rotatable bonds is 14. The number of carbonyl (C=O) groups excluding carboxylic acids is 4. The van der Waals surface area contributed by atoms with Crippen LogP contribution in [-0.2, 0) is 30.4 Å². The molecule has 1 aliphatic heterocycles. The van der Waals surface area contributed by atoms with Crippen molar-refractivity contribution in [2.45, 2.75) is 69.1 Å². The van der Waals surface area contributed by atoms with E-state index < -0.39 is 60.2 Å². The van der Waals surface area contributed by atoms with Gasteiger partial charge in [-0.15, -0.1) is 0 Å². The molecule has 3 rings (SSSR count). The number of aliphatic carboxylic acids is 1. The van der Waals surface area contributed by atoms with Gasteiger partial charge >= 0.3 is 5.97 Å². The van der Waals surface area contributed by atoms with Crippen LogP contribution in [0.1, 0.15) is 44.1 Å². The summed E-state index contributed by atoms with van der Waals surface area (Å²) in [6.45, 7) is 0.609. The smallest absolute Gasteiger partial charge is 0.326 e. The summed E-state index contributed by atoms with van der Waals surface area (Å²) < 4.78 is 0. The summed E-state index contributed by atoms with van der Waals surface area (Å²) in [5.74, 6) is -3.91. The van der Waals surface area contributed by atoms with E-state index in [1.54, 1.807) is 6.20 Å². The number of nitrogens with two attached hydrogens (primary N) is 3. The van der Waals surface area contributed by atoms with Gasteiger partial charge in [-0.05, 0) is 56.7 Å². The Hall–Kier alpha value is -3.97. The quantitative estimate of drug-likeness (QED) is 0.147. The number of likely N-dealkylation sites (tertiary alicyclic amines) is 1. The fourth-order valence-electron chi connectivity index (χ4n) is 4.83. The standard InChI is InChI=1S/C26H37N7O6/c27-10-4-3-8-19(26(38)39)31-24(36)21-9-5-11-33(21)25(37)20(13-22(29)34)32-23(35)17(28)12-15-14-30-18-7-2-1-6-16(15)18/h1-2,6-7,14,17,19-21,30H,3-5,8-13,27-28H2,(H2,29,34)(H,31,36)(H,32,35)(H,38,39). The molecule has 13 nitrogen and oxygen atoms in total. The van der Waals surface area contributed by atoms with Crippen molar-refractivity contribution in [3.63, 3.8) is 0 Å². The van der Waals surface area contributed by atoms with Gasteiger partial charge in [-0.25, -0.2) is 4.79 Å². The molecule has 13 heteroatoms. The SMILES string of the molecule is NCCCCC(NC(=O)C1CCCN1C(=O)C(CC(N)=O)NC(=O)C(N)Cc1c[nH]c2ccccc12)C(=O)O. The Bertz CT molecular complexity index is 1200. The number of aromatic nitrogens is 1. The lowest BCUT2D eigenvalue weighted by Gasteiger charge is -2.29. The van der Waals surface area contributed by atoms with Gasteiger partial charge in [-0.1, -0.05) is 18.2 Å². The Balaban J connectivity index is 1.67. The predicted octanol–water partition coefficient (Wildman–Crippen LogP) is -0.913. The average molecular weight is 544 g/mol. The van der Waals surface area contributed by atoms with Gasteiger partial charge < -0.3 is 42.8 Å². The van der Waals surface area contributed by atoms with Crippen molar-refractivity contribution in [2.24, 2.45) is 17.2 Å². The van der Waals surface area contributed by atoms with E-state index in [9.17, 15) is 29.1 Å². The number of nitrogens with zero attached hydrogens (tertiary/aromatic N) is 1. The lowest BCUT2D eigenvalue weighted by atomic mass is 10.0. The number of H-pyrrole nitrogens is 1. The number of carboxylic acid groups (broad SMARTS) is 1.